The molecule has 0 bridgehead atoms. The molecule has 0 aromatic heterocycles. The number of hydrogen-bond acceptors (Lipinski definition) is 2. The van der Waals surface area contributed by atoms with Crippen LogP contribution in [0.4, 0.5) is 0 Å². The number of methoxy groups -OCH3 is 1. The first kappa shape index (κ1) is 16.1. The molecule has 3 heteroatoms. The van der Waals surface area contributed by atoms with E-state index in [0.717, 1.165) is 24.1 Å². The summed E-state index contributed by atoms with van der Waals surface area (Å²) in [7, 11) is 1.70. The lowest BCUT2D eigenvalue weighted by Crippen LogP contribution is -2.14. The Morgan fingerprint density at radius 3 is 2.48 bits per heavy atom. The van der Waals surface area contributed by atoms with E-state index in [4.69, 9.17) is 9.47 Å². The molecule has 112 valence electrons. The zero-order valence-electron chi connectivity index (χ0n) is 12.3. The number of benzene rings is 2. The Kier molecular flexibility index (Phi) is 6.77. The Hall–Kier alpha value is -1.32. The fraction of sp³-hybridized carbons (Fsp3) is 0.333. The summed E-state index contributed by atoms with van der Waals surface area (Å²) in [6.07, 6.45) is 0.983. The van der Waals surface area contributed by atoms with E-state index in [9.17, 15) is 0 Å². The van der Waals surface area contributed by atoms with Crippen molar-refractivity contribution in [3.05, 3.63) is 65.7 Å². The van der Waals surface area contributed by atoms with Crippen LogP contribution in [0.25, 0.3) is 0 Å². The fourth-order valence-electron chi connectivity index (χ4n) is 2.21. The first-order chi connectivity index (χ1) is 10.3. The average molecular weight is 349 g/mol. The van der Waals surface area contributed by atoms with E-state index in [1.54, 1.807) is 7.11 Å². The maximum absolute atomic E-state index is 5.84. The zero-order valence-corrected chi connectivity index (χ0v) is 13.9. The van der Waals surface area contributed by atoms with Crippen LogP contribution in [-0.4, -0.2) is 19.0 Å². The van der Waals surface area contributed by atoms with Gasteiger partial charge in [0.05, 0.1) is 20.3 Å². The van der Waals surface area contributed by atoms with Crippen molar-refractivity contribution in [1.82, 2.24) is 0 Å². The molecule has 0 N–H and O–H groups in total. The number of halogens is 1. The predicted octanol–water partition coefficient (Wildman–Crippen LogP) is 4.47. The molecular weight excluding hydrogens is 328 g/mol. The molecule has 2 aromatic rings. The highest BCUT2D eigenvalue weighted by Crippen LogP contribution is 2.18. The third-order valence-electron chi connectivity index (χ3n) is 3.34. The van der Waals surface area contributed by atoms with Crippen LogP contribution in [0.5, 0.6) is 5.75 Å². The van der Waals surface area contributed by atoms with E-state index in [-0.39, 0.29) is 0 Å². The van der Waals surface area contributed by atoms with E-state index >= 15 is 0 Å². The van der Waals surface area contributed by atoms with E-state index < -0.39 is 0 Å². The first-order valence-corrected chi connectivity index (χ1v) is 8.24. The maximum Gasteiger partial charge on any atom is 0.119 e. The van der Waals surface area contributed by atoms with Gasteiger partial charge in [-0.05, 0) is 35.6 Å². The van der Waals surface area contributed by atoms with Gasteiger partial charge in [-0.2, -0.15) is 0 Å². The smallest absolute Gasteiger partial charge is 0.119 e. The molecular formula is C18H21BrO2. The second-order valence-corrected chi connectivity index (χ2v) is 5.72. The van der Waals surface area contributed by atoms with Crippen LogP contribution >= 0.6 is 15.9 Å². The number of ether oxygens (including phenoxy) is 2. The van der Waals surface area contributed by atoms with Crippen LogP contribution in [0.15, 0.2) is 54.6 Å². The molecule has 0 spiro atoms. The molecule has 0 amide bonds. The molecule has 0 saturated heterocycles. The Morgan fingerprint density at radius 2 is 1.76 bits per heavy atom. The highest BCUT2D eigenvalue weighted by atomic mass is 79.9. The summed E-state index contributed by atoms with van der Waals surface area (Å²) in [5.74, 6) is 1.37. The summed E-state index contributed by atoms with van der Waals surface area (Å²) >= 11 is 3.58. The lowest BCUT2D eigenvalue weighted by molar-refractivity contribution is 0.0937. The van der Waals surface area contributed by atoms with Gasteiger partial charge in [-0.1, -0.05) is 58.4 Å². The second-order valence-electron chi connectivity index (χ2n) is 5.08. The fourth-order valence-corrected chi connectivity index (χ4v) is 2.62. The predicted molar refractivity (Wildman–Crippen MR) is 90.1 cm³/mol. The standard InChI is InChI=1S/C18H21BrO2/c1-20-18-9-5-8-16(11-18)10-17(12-19)14-21-13-15-6-3-2-4-7-15/h2-9,11,17H,10,12-14H2,1H3. The van der Waals surface area contributed by atoms with Crippen molar-refractivity contribution < 1.29 is 9.47 Å². The van der Waals surface area contributed by atoms with Gasteiger partial charge in [0.15, 0.2) is 0 Å². The van der Waals surface area contributed by atoms with Crippen molar-refractivity contribution in [1.29, 1.82) is 0 Å². The van der Waals surface area contributed by atoms with E-state index in [1.165, 1.54) is 11.1 Å². The average Bonchev–Trinajstić information content (AvgIpc) is 2.55. The summed E-state index contributed by atoms with van der Waals surface area (Å²) < 4.78 is 11.1. The molecule has 0 aliphatic heterocycles. The van der Waals surface area contributed by atoms with Gasteiger partial charge in [0, 0.05) is 5.33 Å². The molecule has 0 aliphatic carbocycles. The number of alkyl halides is 1. The Balaban J connectivity index is 1.82. The Labute approximate surface area is 135 Å². The molecule has 1 unspecified atom stereocenters. The molecule has 2 aromatic carbocycles. The largest absolute Gasteiger partial charge is 0.497 e. The Morgan fingerprint density at radius 1 is 1.00 bits per heavy atom. The lowest BCUT2D eigenvalue weighted by atomic mass is 10.0. The highest BCUT2D eigenvalue weighted by Gasteiger charge is 2.09. The van der Waals surface area contributed by atoms with Crippen LogP contribution in [0.3, 0.4) is 0 Å². The highest BCUT2D eigenvalue weighted by molar-refractivity contribution is 9.09. The van der Waals surface area contributed by atoms with E-state index in [0.29, 0.717) is 12.5 Å². The molecule has 0 saturated carbocycles. The van der Waals surface area contributed by atoms with E-state index in [2.05, 4.69) is 40.2 Å². The zero-order chi connectivity index (χ0) is 14.9. The van der Waals surface area contributed by atoms with Crippen molar-refractivity contribution in [2.75, 3.05) is 19.0 Å². The number of hydrogen-bond donors (Lipinski definition) is 0. The van der Waals surface area contributed by atoms with Gasteiger partial charge in [0.1, 0.15) is 5.75 Å². The molecule has 2 rings (SSSR count). The van der Waals surface area contributed by atoms with Gasteiger partial charge >= 0.3 is 0 Å². The minimum Gasteiger partial charge on any atom is -0.497 e. The monoisotopic (exact) mass is 348 g/mol. The van der Waals surface area contributed by atoms with Crippen molar-refractivity contribution in [3.63, 3.8) is 0 Å². The Bertz CT molecular complexity index is 528. The van der Waals surface area contributed by atoms with Gasteiger partial charge < -0.3 is 9.47 Å². The molecule has 0 aliphatic rings. The van der Waals surface area contributed by atoms with Gasteiger partial charge in [0.2, 0.25) is 0 Å². The molecule has 0 radical (unpaired) electrons. The van der Waals surface area contributed by atoms with Gasteiger partial charge in [0.25, 0.3) is 0 Å². The third kappa shape index (κ3) is 5.52. The quantitative estimate of drug-likeness (QED) is 0.655. The van der Waals surface area contributed by atoms with Crippen LogP contribution in [0.1, 0.15) is 11.1 Å². The number of rotatable bonds is 8. The third-order valence-corrected chi connectivity index (χ3v) is 4.26. The van der Waals surface area contributed by atoms with Crippen LogP contribution in [0.2, 0.25) is 0 Å². The van der Waals surface area contributed by atoms with Crippen LogP contribution in [-0.2, 0) is 17.8 Å². The summed E-state index contributed by atoms with van der Waals surface area (Å²) in [6.45, 7) is 1.42. The minimum absolute atomic E-state index is 0.459. The molecule has 2 nitrogen and oxygen atoms in total. The topological polar surface area (TPSA) is 18.5 Å². The van der Waals surface area contributed by atoms with Gasteiger partial charge in [-0.3, -0.25) is 0 Å². The molecule has 0 fully saturated rings. The summed E-state index contributed by atoms with van der Waals surface area (Å²) in [6, 6.07) is 18.5. The lowest BCUT2D eigenvalue weighted by Gasteiger charge is -2.15. The SMILES string of the molecule is COc1cccc(CC(CBr)COCc2ccccc2)c1. The first-order valence-electron chi connectivity index (χ1n) is 7.12. The van der Waals surface area contributed by atoms with Crippen molar-refractivity contribution in [2.45, 2.75) is 13.0 Å². The molecule has 0 heterocycles. The van der Waals surface area contributed by atoms with Crippen LogP contribution < -0.4 is 4.74 Å². The van der Waals surface area contributed by atoms with Crippen LogP contribution in [0, 0.1) is 5.92 Å². The van der Waals surface area contributed by atoms with Crippen molar-refractivity contribution in [2.24, 2.45) is 5.92 Å². The normalized spacial score (nSPS) is 12.1. The second kappa shape index (κ2) is 8.85. The van der Waals surface area contributed by atoms with Crippen molar-refractivity contribution >= 4 is 15.9 Å². The summed E-state index contributed by atoms with van der Waals surface area (Å²) in [5, 5.41) is 0.930. The molecule has 21 heavy (non-hydrogen) atoms. The van der Waals surface area contributed by atoms with Crippen molar-refractivity contribution in [3.8, 4) is 5.75 Å². The van der Waals surface area contributed by atoms with Gasteiger partial charge in [-0.15, -0.1) is 0 Å². The van der Waals surface area contributed by atoms with Gasteiger partial charge in [-0.25, -0.2) is 0 Å². The molecule has 1 atom stereocenters. The maximum atomic E-state index is 5.84. The summed E-state index contributed by atoms with van der Waals surface area (Å²) in [5.41, 5.74) is 2.49. The summed E-state index contributed by atoms with van der Waals surface area (Å²) in [4.78, 5) is 0. The minimum atomic E-state index is 0.459. The van der Waals surface area contributed by atoms with E-state index in [1.807, 2.05) is 30.3 Å².